The predicted octanol–water partition coefficient (Wildman–Crippen LogP) is 14.9. The van der Waals surface area contributed by atoms with Crippen LogP contribution < -0.4 is 10.4 Å². The molecule has 0 radical (unpaired) electrons. The van der Waals surface area contributed by atoms with Gasteiger partial charge in [0.1, 0.15) is 0 Å². The molecule has 1 aliphatic carbocycles. The normalized spacial score (nSPS) is 13.0. The number of rotatable bonds is 9. The fourth-order valence-electron chi connectivity index (χ4n) is 9.35. The van der Waals surface area contributed by atoms with Crippen LogP contribution in [-0.4, -0.2) is 31.1 Å². The Morgan fingerprint density at radius 3 is 1.11 bits per heavy atom. The first-order valence-corrected chi connectivity index (χ1v) is 29.8. The summed E-state index contributed by atoms with van der Waals surface area (Å²) in [6, 6.07) is 68.8. The maximum absolute atomic E-state index is 5.20. The summed E-state index contributed by atoms with van der Waals surface area (Å²) in [7, 11) is -2.83. The summed E-state index contributed by atoms with van der Waals surface area (Å²) in [5.74, 6) is 1.93. The molecule has 65 heavy (non-hydrogen) atoms. The number of nitrogens with zero attached hydrogens (tertiary/aromatic N) is 3. The summed E-state index contributed by atoms with van der Waals surface area (Å²) in [6.07, 6.45) is 0. The smallest absolute Gasteiger partial charge is 0.164 e. The molecule has 0 saturated heterocycles. The Balaban J connectivity index is 1.01. The first-order chi connectivity index (χ1) is 31.2. The van der Waals surface area contributed by atoms with Gasteiger partial charge in [-0.1, -0.05) is 227 Å². The first-order valence-electron chi connectivity index (χ1n) is 22.8. The molecule has 1 heterocycles. The molecule has 0 bridgehead atoms. The standard InChI is InChI=1S/C60H55N3Si2/c1-60(2)55-21-10-9-20-53(55)54-39-48(30-35-56(54)60)47-17-11-14-44(36-47)40-22-24-43(25-23-40)57-61-58(49-18-12-15-45(37-49)41-26-31-51(32-27-41)64(3,4)5)63-59(62-57)50-19-13-16-46(38-50)42-28-33-52(34-29-42)65(6,7)8/h9-39H,1-8H3. The molecular weight excluding hydrogens is 819 g/mol. The molecule has 5 heteroatoms. The van der Waals surface area contributed by atoms with Gasteiger partial charge in [0.05, 0.1) is 16.1 Å². The molecule has 0 aliphatic heterocycles. The lowest BCUT2D eigenvalue weighted by Gasteiger charge is -2.21. The van der Waals surface area contributed by atoms with E-state index in [4.69, 9.17) is 15.0 Å². The fraction of sp³-hybridized carbons (Fsp3) is 0.150. The highest BCUT2D eigenvalue weighted by atomic mass is 28.3. The van der Waals surface area contributed by atoms with E-state index in [0.29, 0.717) is 17.5 Å². The van der Waals surface area contributed by atoms with E-state index >= 15 is 0 Å². The molecule has 318 valence electrons. The van der Waals surface area contributed by atoms with Crippen molar-refractivity contribution in [2.45, 2.75) is 58.5 Å². The molecule has 10 rings (SSSR count). The summed E-state index contributed by atoms with van der Waals surface area (Å²) in [5.41, 5.74) is 17.6. The van der Waals surface area contributed by atoms with Gasteiger partial charge in [0.25, 0.3) is 0 Å². The Hall–Kier alpha value is -6.80. The zero-order chi connectivity index (χ0) is 45.1. The van der Waals surface area contributed by atoms with Gasteiger partial charge in [-0.25, -0.2) is 15.0 Å². The largest absolute Gasteiger partial charge is 0.208 e. The van der Waals surface area contributed by atoms with Crippen molar-refractivity contribution < 1.29 is 0 Å². The average Bonchev–Trinajstić information content (AvgIpc) is 3.56. The van der Waals surface area contributed by atoms with Crippen molar-refractivity contribution in [1.29, 1.82) is 0 Å². The van der Waals surface area contributed by atoms with Crippen molar-refractivity contribution in [3.8, 4) is 89.8 Å². The Kier molecular flexibility index (Phi) is 10.6. The van der Waals surface area contributed by atoms with Gasteiger partial charge in [0.15, 0.2) is 17.5 Å². The number of hydrogen-bond donors (Lipinski definition) is 0. The minimum Gasteiger partial charge on any atom is -0.208 e. The van der Waals surface area contributed by atoms with Crippen molar-refractivity contribution in [3.63, 3.8) is 0 Å². The minimum absolute atomic E-state index is 0.0118. The van der Waals surface area contributed by atoms with Gasteiger partial charge in [0.2, 0.25) is 0 Å². The van der Waals surface area contributed by atoms with Crippen LogP contribution in [0.1, 0.15) is 25.0 Å². The molecule has 3 nitrogen and oxygen atoms in total. The van der Waals surface area contributed by atoms with Crippen molar-refractivity contribution in [2.24, 2.45) is 0 Å². The van der Waals surface area contributed by atoms with E-state index in [2.05, 4.69) is 241 Å². The molecule has 1 aromatic heterocycles. The first kappa shape index (κ1) is 42.2. The van der Waals surface area contributed by atoms with Crippen LogP contribution in [0.4, 0.5) is 0 Å². The number of benzene rings is 8. The summed E-state index contributed by atoms with van der Waals surface area (Å²) in [5, 5.41) is 2.90. The van der Waals surface area contributed by atoms with E-state index in [1.807, 2.05) is 0 Å². The summed E-state index contributed by atoms with van der Waals surface area (Å²) >= 11 is 0. The molecule has 0 saturated carbocycles. The Morgan fingerprint density at radius 1 is 0.292 bits per heavy atom. The third-order valence-electron chi connectivity index (χ3n) is 13.3. The molecular formula is C60H55N3Si2. The molecule has 8 aromatic carbocycles. The molecule has 0 fully saturated rings. The van der Waals surface area contributed by atoms with Crippen LogP contribution in [0.15, 0.2) is 188 Å². The molecule has 0 spiro atoms. The Morgan fingerprint density at radius 2 is 0.631 bits per heavy atom. The predicted molar refractivity (Wildman–Crippen MR) is 281 cm³/mol. The second kappa shape index (κ2) is 16.3. The van der Waals surface area contributed by atoms with Crippen LogP contribution in [0, 0.1) is 0 Å². The lowest BCUT2D eigenvalue weighted by atomic mass is 9.82. The molecule has 0 amide bonds. The van der Waals surface area contributed by atoms with E-state index in [1.165, 1.54) is 54.9 Å². The van der Waals surface area contributed by atoms with Crippen LogP contribution in [0.3, 0.4) is 0 Å². The molecule has 9 aromatic rings. The molecule has 0 unspecified atom stereocenters. The van der Waals surface area contributed by atoms with Gasteiger partial charge < -0.3 is 0 Å². The van der Waals surface area contributed by atoms with E-state index < -0.39 is 16.1 Å². The highest BCUT2D eigenvalue weighted by Crippen LogP contribution is 2.49. The van der Waals surface area contributed by atoms with Gasteiger partial charge >= 0.3 is 0 Å². The van der Waals surface area contributed by atoms with Crippen molar-refractivity contribution in [1.82, 2.24) is 15.0 Å². The van der Waals surface area contributed by atoms with E-state index in [-0.39, 0.29) is 5.41 Å². The molecule has 0 atom stereocenters. The van der Waals surface area contributed by atoms with Gasteiger partial charge in [-0.2, -0.15) is 0 Å². The van der Waals surface area contributed by atoms with E-state index in [0.717, 1.165) is 38.9 Å². The Labute approximate surface area is 387 Å². The quantitative estimate of drug-likeness (QED) is 0.136. The zero-order valence-electron chi connectivity index (χ0n) is 38.7. The van der Waals surface area contributed by atoms with Crippen LogP contribution in [-0.2, 0) is 5.41 Å². The number of fused-ring (bicyclic) bond motifs is 3. The highest BCUT2D eigenvalue weighted by Gasteiger charge is 2.35. The lowest BCUT2D eigenvalue weighted by molar-refractivity contribution is 0.660. The number of hydrogen-bond acceptors (Lipinski definition) is 3. The lowest BCUT2D eigenvalue weighted by Crippen LogP contribution is -2.37. The maximum Gasteiger partial charge on any atom is 0.164 e. The van der Waals surface area contributed by atoms with Crippen molar-refractivity contribution in [2.75, 3.05) is 0 Å². The third kappa shape index (κ3) is 8.27. The van der Waals surface area contributed by atoms with E-state index in [9.17, 15) is 0 Å². The van der Waals surface area contributed by atoms with Crippen LogP contribution in [0.5, 0.6) is 0 Å². The van der Waals surface area contributed by atoms with Crippen LogP contribution in [0.25, 0.3) is 89.8 Å². The molecule has 0 N–H and O–H groups in total. The topological polar surface area (TPSA) is 38.7 Å². The monoisotopic (exact) mass is 873 g/mol. The second-order valence-electron chi connectivity index (χ2n) is 20.2. The van der Waals surface area contributed by atoms with Gasteiger partial charge in [-0.3, -0.25) is 0 Å². The van der Waals surface area contributed by atoms with Gasteiger partial charge in [0, 0.05) is 22.1 Å². The fourth-order valence-corrected chi connectivity index (χ4v) is 11.7. The summed E-state index contributed by atoms with van der Waals surface area (Å²) < 4.78 is 0. The van der Waals surface area contributed by atoms with Gasteiger partial charge in [-0.15, -0.1) is 0 Å². The van der Waals surface area contributed by atoms with E-state index in [1.54, 1.807) is 0 Å². The molecule has 1 aliphatic rings. The van der Waals surface area contributed by atoms with Crippen molar-refractivity contribution >= 4 is 26.5 Å². The minimum atomic E-state index is -1.42. The summed E-state index contributed by atoms with van der Waals surface area (Å²) in [4.78, 5) is 15.6. The highest BCUT2D eigenvalue weighted by molar-refractivity contribution is 6.89. The van der Waals surface area contributed by atoms with Crippen molar-refractivity contribution in [3.05, 3.63) is 199 Å². The van der Waals surface area contributed by atoms with Crippen LogP contribution in [0.2, 0.25) is 39.3 Å². The number of aromatic nitrogens is 3. The SMILES string of the molecule is CC1(C)c2ccccc2-c2cc(-c3cccc(-c4ccc(-c5nc(-c6cccc(-c7ccc([Si](C)(C)C)cc7)c6)nc(-c6cccc(-c7ccc([Si](C)(C)C)cc7)c6)n5)cc4)c3)ccc21. The average molecular weight is 874 g/mol. The Bertz CT molecular complexity index is 3110. The summed E-state index contributed by atoms with van der Waals surface area (Å²) in [6.45, 7) is 19.0. The second-order valence-corrected chi connectivity index (χ2v) is 30.4. The maximum atomic E-state index is 5.20. The zero-order valence-corrected chi connectivity index (χ0v) is 40.7. The third-order valence-corrected chi connectivity index (χ3v) is 17.4. The van der Waals surface area contributed by atoms with Gasteiger partial charge in [-0.05, 0) is 91.0 Å². The van der Waals surface area contributed by atoms with Crippen LogP contribution >= 0.6 is 0 Å².